The molecule has 1 atom stereocenters. The summed E-state index contributed by atoms with van der Waals surface area (Å²) < 4.78 is 5.39. The zero-order chi connectivity index (χ0) is 19.7. The number of carbonyl (C=O) groups excluding carboxylic acids is 2. The van der Waals surface area contributed by atoms with Gasteiger partial charge in [-0.15, -0.1) is 0 Å². The standard InChI is InChI=1S/C22H25N3O3/c1-15-3-8-20(16(2)13-15)25-21(26)14-19(22(25)27)23-17-4-6-18(7-5-17)24-9-11-28-12-10-24/h3-8,13,19,23H,9-12,14H2,1-2H3. The van der Waals surface area contributed by atoms with Crippen molar-refractivity contribution in [2.24, 2.45) is 0 Å². The third kappa shape index (κ3) is 3.60. The molecule has 2 aromatic carbocycles. The molecule has 2 saturated heterocycles. The first kappa shape index (κ1) is 18.5. The molecule has 2 heterocycles. The Morgan fingerprint density at radius 3 is 2.39 bits per heavy atom. The van der Waals surface area contributed by atoms with Crippen molar-refractivity contribution >= 4 is 28.9 Å². The number of amides is 2. The van der Waals surface area contributed by atoms with Gasteiger partial charge in [0.05, 0.1) is 25.3 Å². The van der Waals surface area contributed by atoms with Crippen LogP contribution in [0.4, 0.5) is 17.1 Å². The van der Waals surface area contributed by atoms with Gasteiger partial charge in [-0.2, -0.15) is 0 Å². The summed E-state index contributed by atoms with van der Waals surface area (Å²) in [6.07, 6.45) is 0.164. The van der Waals surface area contributed by atoms with E-state index < -0.39 is 6.04 Å². The number of benzene rings is 2. The minimum Gasteiger partial charge on any atom is -0.378 e. The third-order valence-corrected chi connectivity index (χ3v) is 5.32. The second-order valence-electron chi connectivity index (χ2n) is 7.40. The smallest absolute Gasteiger partial charge is 0.256 e. The Morgan fingerprint density at radius 1 is 1.00 bits per heavy atom. The van der Waals surface area contributed by atoms with E-state index in [1.807, 2.05) is 56.3 Å². The predicted molar refractivity (Wildman–Crippen MR) is 110 cm³/mol. The van der Waals surface area contributed by atoms with Crippen LogP contribution in [0.15, 0.2) is 42.5 Å². The maximum atomic E-state index is 12.9. The molecule has 0 radical (unpaired) electrons. The van der Waals surface area contributed by atoms with E-state index >= 15 is 0 Å². The Balaban J connectivity index is 1.46. The van der Waals surface area contributed by atoms with Gasteiger partial charge in [-0.1, -0.05) is 17.7 Å². The first-order chi connectivity index (χ1) is 13.5. The van der Waals surface area contributed by atoms with Crippen molar-refractivity contribution in [3.05, 3.63) is 53.6 Å². The molecular formula is C22H25N3O3. The number of aryl methyl sites for hydroxylation is 2. The van der Waals surface area contributed by atoms with Crippen LogP contribution in [-0.4, -0.2) is 44.2 Å². The molecular weight excluding hydrogens is 354 g/mol. The van der Waals surface area contributed by atoms with Gasteiger partial charge >= 0.3 is 0 Å². The zero-order valence-corrected chi connectivity index (χ0v) is 16.3. The van der Waals surface area contributed by atoms with Gasteiger partial charge < -0.3 is 15.0 Å². The topological polar surface area (TPSA) is 61.9 Å². The van der Waals surface area contributed by atoms with E-state index in [-0.39, 0.29) is 18.2 Å². The van der Waals surface area contributed by atoms with E-state index in [2.05, 4.69) is 10.2 Å². The Labute approximate surface area is 165 Å². The number of hydrogen-bond acceptors (Lipinski definition) is 5. The van der Waals surface area contributed by atoms with Crippen LogP contribution in [0.5, 0.6) is 0 Å². The average molecular weight is 379 g/mol. The highest BCUT2D eigenvalue weighted by Gasteiger charge is 2.40. The Morgan fingerprint density at radius 2 is 1.71 bits per heavy atom. The molecule has 0 bridgehead atoms. The van der Waals surface area contributed by atoms with Crippen LogP contribution in [0, 0.1) is 13.8 Å². The van der Waals surface area contributed by atoms with Gasteiger partial charge in [0.25, 0.3) is 5.91 Å². The lowest BCUT2D eigenvalue weighted by atomic mass is 10.1. The lowest BCUT2D eigenvalue weighted by molar-refractivity contribution is -0.121. The SMILES string of the molecule is Cc1ccc(N2C(=O)CC(Nc3ccc(N4CCOCC4)cc3)C2=O)c(C)c1. The van der Waals surface area contributed by atoms with Gasteiger partial charge in [0.15, 0.2) is 0 Å². The molecule has 0 aromatic heterocycles. The van der Waals surface area contributed by atoms with Crippen LogP contribution in [0.25, 0.3) is 0 Å². The van der Waals surface area contributed by atoms with Crippen molar-refractivity contribution in [1.29, 1.82) is 0 Å². The molecule has 6 heteroatoms. The lowest BCUT2D eigenvalue weighted by Gasteiger charge is -2.29. The fraction of sp³-hybridized carbons (Fsp3) is 0.364. The fourth-order valence-electron chi connectivity index (χ4n) is 3.85. The molecule has 6 nitrogen and oxygen atoms in total. The summed E-state index contributed by atoms with van der Waals surface area (Å²) in [6, 6.07) is 13.2. The van der Waals surface area contributed by atoms with Crippen LogP contribution in [0.3, 0.4) is 0 Å². The summed E-state index contributed by atoms with van der Waals surface area (Å²) in [7, 11) is 0. The maximum Gasteiger partial charge on any atom is 0.256 e. The van der Waals surface area contributed by atoms with Gasteiger partial charge in [-0.05, 0) is 49.7 Å². The monoisotopic (exact) mass is 379 g/mol. The van der Waals surface area contributed by atoms with E-state index in [9.17, 15) is 9.59 Å². The molecule has 1 N–H and O–H groups in total. The normalized spacial score (nSPS) is 20.0. The minimum atomic E-state index is -0.539. The highest BCUT2D eigenvalue weighted by atomic mass is 16.5. The molecule has 1 unspecified atom stereocenters. The number of anilines is 3. The number of nitrogens with zero attached hydrogens (tertiary/aromatic N) is 2. The summed E-state index contributed by atoms with van der Waals surface area (Å²) in [5.74, 6) is -0.367. The molecule has 2 fully saturated rings. The predicted octanol–water partition coefficient (Wildman–Crippen LogP) is 2.88. The number of rotatable bonds is 4. The number of nitrogens with one attached hydrogen (secondary N) is 1. The zero-order valence-electron chi connectivity index (χ0n) is 16.3. The van der Waals surface area contributed by atoms with Gasteiger partial charge in [-0.25, -0.2) is 4.90 Å². The maximum absolute atomic E-state index is 12.9. The van der Waals surface area contributed by atoms with Crippen molar-refractivity contribution in [2.75, 3.05) is 41.4 Å². The van der Waals surface area contributed by atoms with Crippen LogP contribution >= 0.6 is 0 Å². The first-order valence-electron chi connectivity index (χ1n) is 9.66. The minimum absolute atomic E-state index is 0.164. The quantitative estimate of drug-likeness (QED) is 0.828. The van der Waals surface area contributed by atoms with Crippen LogP contribution in [-0.2, 0) is 14.3 Å². The van der Waals surface area contributed by atoms with Crippen LogP contribution < -0.4 is 15.1 Å². The molecule has 2 amide bonds. The molecule has 2 aliphatic rings. The molecule has 28 heavy (non-hydrogen) atoms. The van der Waals surface area contributed by atoms with Crippen molar-refractivity contribution in [2.45, 2.75) is 26.3 Å². The fourth-order valence-corrected chi connectivity index (χ4v) is 3.85. The van der Waals surface area contributed by atoms with Crippen LogP contribution in [0.2, 0.25) is 0 Å². The molecule has 0 aliphatic carbocycles. The lowest BCUT2D eigenvalue weighted by Crippen LogP contribution is -2.36. The van der Waals surface area contributed by atoms with E-state index in [4.69, 9.17) is 4.74 Å². The van der Waals surface area contributed by atoms with E-state index in [0.717, 1.165) is 48.8 Å². The molecule has 0 spiro atoms. The number of morpholine rings is 1. The summed E-state index contributed by atoms with van der Waals surface area (Å²) in [5.41, 5.74) is 4.69. The summed E-state index contributed by atoms with van der Waals surface area (Å²) in [6.45, 7) is 7.17. The second kappa shape index (κ2) is 7.64. The Bertz CT molecular complexity index is 888. The molecule has 4 rings (SSSR count). The highest BCUT2D eigenvalue weighted by molar-refractivity contribution is 6.23. The van der Waals surface area contributed by atoms with Crippen LogP contribution in [0.1, 0.15) is 17.5 Å². The molecule has 2 aliphatic heterocycles. The molecule has 0 saturated carbocycles. The molecule has 146 valence electrons. The van der Waals surface area contributed by atoms with E-state index in [0.29, 0.717) is 5.69 Å². The number of carbonyl (C=O) groups is 2. The summed E-state index contributed by atoms with van der Waals surface area (Å²) in [4.78, 5) is 29.0. The molecule has 2 aromatic rings. The van der Waals surface area contributed by atoms with Gasteiger partial charge in [-0.3, -0.25) is 9.59 Å². The van der Waals surface area contributed by atoms with E-state index in [1.165, 1.54) is 4.90 Å². The summed E-state index contributed by atoms with van der Waals surface area (Å²) in [5, 5.41) is 3.23. The van der Waals surface area contributed by atoms with Crippen molar-refractivity contribution in [1.82, 2.24) is 0 Å². The largest absolute Gasteiger partial charge is 0.378 e. The highest BCUT2D eigenvalue weighted by Crippen LogP contribution is 2.29. The second-order valence-corrected chi connectivity index (χ2v) is 7.40. The van der Waals surface area contributed by atoms with Gasteiger partial charge in [0, 0.05) is 24.5 Å². The van der Waals surface area contributed by atoms with Gasteiger partial charge in [0.1, 0.15) is 6.04 Å². The Hall–Kier alpha value is -2.86. The number of imide groups is 1. The van der Waals surface area contributed by atoms with Gasteiger partial charge in [0.2, 0.25) is 5.91 Å². The first-order valence-corrected chi connectivity index (χ1v) is 9.66. The van der Waals surface area contributed by atoms with Crippen molar-refractivity contribution in [3.63, 3.8) is 0 Å². The summed E-state index contributed by atoms with van der Waals surface area (Å²) >= 11 is 0. The van der Waals surface area contributed by atoms with E-state index in [1.54, 1.807) is 0 Å². The third-order valence-electron chi connectivity index (χ3n) is 5.32. The number of hydrogen-bond donors (Lipinski definition) is 1. The Kier molecular flexibility index (Phi) is 5.05. The van der Waals surface area contributed by atoms with Crippen molar-refractivity contribution in [3.8, 4) is 0 Å². The number of ether oxygens (including phenoxy) is 1. The van der Waals surface area contributed by atoms with Crippen molar-refractivity contribution < 1.29 is 14.3 Å². The average Bonchev–Trinajstić information content (AvgIpc) is 2.97.